The number of benzene rings is 1. The molecule has 0 saturated carbocycles. The Morgan fingerprint density at radius 2 is 2.36 bits per heavy atom. The fraction of sp³-hybridized carbons (Fsp3) is 0.200. The number of nitrogens with zero attached hydrogens (tertiary/aromatic N) is 1. The molecule has 0 spiro atoms. The van der Waals surface area contributed by atoms with E-state index in [1.807, 2.05) is 6.07 Å². The van der Waals surface area contributed by atoms with E-state index < -0.39 is 0 Å². The van der Waals surface area contributed by atoms with Gasteiger partial charge in [0.25, 0.3) is 0 Å². The van der Waals surface area contributed by atoms with Crippen LogP contribution in [0.2, 0.25) is 5.02 Å². The maximum Gasteiger partial charge on any atom is 0.230 e. The summed E-state index contributed by atoms with van der Waals surface area (Å²) in [5, 5.41) is 4.83. The number of fused-ring (bicyclic) bond motifs is 1. The zero-order valence-electron chi connectivity index (χ0n) is 11.8. The number of carbonyl (C=O) groups is 1. The molecule has 7 heteroatoms. The number of thiazole rings is 1. The Morgan fingerprint density at radius 3 is 3.18 bits per heavy atom. The zero-order valence-corrected chi connectivity index (χ0v) is 13.3. The summed E-state index contributed by atoms with van der Waals surface area (Å²) >= 11 is 7.31. The largest absolute Gasteiger partial charge is 0.464 e. The van der Waals surface area contributed by atoms with E-state index in [-0.39, 0.29) is 12.3 Å². The number of aromatic nitrogens is 1. The number of carbonyl (C=O) groups excluding carboxylic acids is 1. The molecule has 3 rings (SSSR count). The van der Waals surface area contributed by atoms with Gasteiger partial charge in [-0.15, -0.1) is 0 Å². The lowest BCUT2D eigenvalue weighted by atomic mass is 10.1. The number of rotatable bonds is 5. The van der Waals surface area contributed by atoms with Gasteiger partial charge in [-0.05, 0) is 18.2 Å². The maximum atomic E-state index is 12.1. The molecule has 2 heterocycles. The van der Waals surface area contributed by atoms with Crippen LogP contribution in [-0.4, -0.2) is 18.0 Å². The van der Waals surface area contributed by atoms with Gasteiger partial charge >= 0.3 is 0 Å². The first-order chi connectivity index (χ1) is 10.7. The third-order valence-electron chi connectivity index (χ3n) is 3.06. The Balaban J connectivity index is 1.70. The van der Waals surface area contributed by atoms with Gasteiger partial charge in [0, 0.05) is 29.3 Å². The lowest BCUT2D eigenvalue weighted by Crippen LogP contribution is -2.13. The number of amides is 1. The maximum absolute atomic E-state index is 12.1. The number of halogens is 1. The fourth-order valence-corrected chi connectivity index (χ4v) is 3.07. The first kappa shape index (κ1) is 15.0. The van der Waals surface area contributed by atoms with E-state index in [9.17, 15) is 4.79 Å². The van der Waals surface area contributed by atoms with E-state index in [2.05, 4.69) is 10.3 Å². The molecule has 1 aromatic carbocycles. The minimum absolute atomic E-state index is 0.143. The van der Waals surface area contributed by atoms with Crippen LogP contribution in [0.4, 0.5) is 5.13 Å². The van der Waals surface area contributed by atoms with Crippen molar-refractivity contribution in [3.8, 4) is 0 Å². The SMILES string of the molecule is COCc1cnc(NC(=O)Cc2coc3cc(Cl)ccc23)s1. The molecule has 3 aromatic rings. The van der Waals surface area contributed by atoms with E-state index >= 15 is 0 Å². The van der Waals surface area contributed by atoms with Gasteiger partial charge in [0.1, 0.15) is 5.58 Å². The number of hydrogen-bond acceptors (Lipinski definition) is 5. The van der Waals surface area contributed by atoms with Crippen LogP contribution in [-0.2, 0) is 22.6 Å². The second kappa shape index (κ2) is 6.48. The summed E-state index contributed by atoms with van der Waals surface area (Å²) in [7, 11) is 1.62. The van der Waals surface area contributed by atoms with Crippen LogP contribution in [0.15, 0.2) is 35.1 Å². The van der Waals surface area contributed by atoms with Crippen molar-refractivity contribution in [2.24, 2.45) is 0 Å². The van der Waals surface area contributed by atoms with Gasteiger partial charge in [0.2, 0.25) is 5.91 Å². The van der Waals surface area contributed by atoms with Gasteiger partial charge in [-0.2, -0.15) is 0 Å². The van der Waals surface area contributed by atoms with Gasteiger partial charge in [-0.3, -0.25) is 4.79 Å². The molecule has 22 heavy (non-hydrogen) atoms. The summed E-state index contributed by atoms with van der Waals surface area (Å²) in [6.07, 6.45) is 3.49. The molecule has 0 bridgehead atoms. The van der Waals surface area contributed by atoms with E-state index in [1.54, 1.807) is 31.7 Å². The lowest BCUT2D eigenvalue weighted by molar-refractivity contribution is -0.115. The number of methoxy groups -OCH3 is 1. The number of nitrogens with one attached hydrogen (secondary N) is 1. The van der Waals surface area contributed by atoms with Crippen molar-refractivity contribution in [3.63, 3.8) is 0 Å². The summed E-state index contributed by atoms with van der Waals surface area (Å²) in [6.45, 7) is 0.487. The van der Waals surface area contributed by atoms with Crippen LogP contribution >= 0.6 is 22.9 Å². The molecule has 2 aromatic heterocycles. The second-order valence-corrected chi connectivity index (χ2v) is 6.24. The van der Waals surface area contributed by atoms with Crippen molar-refractivity contribution in [1.82, 2.24) is 4.98 Å². The average molecular weight is 337 g/mol. The van der Waals surface area contributed by atoms with Gasteiger partial charge in [0.05, 0.1) is 24.2 Å². The molecule has 0 aliphatic heterocycles. The van der Waals surface area contributed by atoms with Crippen molar-refractivity contribution in [3.05, 3.63) is 46.1 Å². The monoisotopic (exact) mass is 336 g/mol. The normalized spacial score (nSPS) is 11.0. The van der Waals surface area contributed by atoms with Crippen LogP contribution < -0.4 is 5.32 Å². The predicted octanol–water partition coefficient (Wildman–Crippen LogP) is 3.87. The van der Waals surface area contributed by atoms with Crippen molar-refractivity contribution < 1.29 is 13.9 Å². The van der Waals surface area contributed by atoms with Gasteiger partial charge < -0.3 is 14.5 Å². The minimum Gasteiger partial charge on any atom is -0.464 e. The van der Waals surface area contributed by atoms with Crippen molar-refractivity contribution in [2.75, 3.05) is 12.4 Å². The molecule has 0 saturated heterocycles. The topological polar surface area (TPSA) is 64.4 Å². The molecule has 5 nitrogen and oxygen atoms in total. The third kappa shape index (κ3) is 3.30. The minimum atomic E-state index is -0.143. The summed E-state index contributed by atoms with van der Waals surface area (Å²) in [6, 6.07) is 5.36. The number of ether oxygens (including phenoxy) is 1. The molecule has 0 aliphatic carbocycles. The van der Waals surface area contributed by atoms with E-state index in [0.29, 0.717) is 22.3 Å². The zero-order chi connectivity index (χ0) is 15.5. The van der Waals surface area contributed by atoms with E-state index in [1.165, 1.54) is 11.3 Å². The van der Waals surface area contributed by atoms with Gasteiger partial charge in [0.15, 0.2) is 5.13 Å². The van der Waals surface area contributed by atoms with Crippen LogP contribution in [0, 0.1) is 0 Å². The summed E-state index contributed by atoms with van der Waals surface area (Å²) in [4.78, 5) is 17.2. The van der Waals surface area contributed by atoms with Crippen LogP contribution in [0.1, 0.15) is 10.4 Å². The highest BCUT2D eigenvalue weighted by molar-refractivity contribution is 7.15. The number of anilines is 1. The summed E-state index contributed by atoms with van der Waals surface area (Å²) in [5.74, 6) is -0.143. The predicted molar refractivity (Wildman–Crippen MR) is 86.4 cm³/mol. The van der Waals surface area contributed by atoms with Crippen molar-refractivity contribution >= 4 is 44.9 Å². The van der Waals surface area contributed by atoms with Crippen molar-refractivity contribution in [2.45, 2.75) is 13.0 Å². The molecule has 0 radical (unpaired) electrons. The standard InChI is InChI=1S/C15H13ClN2O3S/c1-20-8-11-6-17-15(22-11)18-14(19)4-9-7-21-13-5-10(16)2-3-12(9)13/h2-3,5-7H,4,8H2,1H3,(H,17,18,19). The number of furan rings is 1. The smallest absolute Gasteiger partial charge is 0.230 e. The highest BCUT2D eigenvalue weighted by Crippen LogP contribution is 2.25. The van der Waals surface area contributed by atoms with Crippen molar-refractivity contribution in [1.29, 1.82) is 0 Å². The Hall–Kier alpha value is -1.89. The third-order valence-corrected chi connectivity index (χ3v) is 4.18. The first-order valence-electron chi connectivity index (χ1n) is 6.55. The molecular formula is C15H13ClN2O3S. The molecule has 1 N–H and O–H groups in total. The van der Waals surface area contributed by atoms with Gasteiger partial charge in [-0.25, -0.2) is 4.98 Å². The fourth-order valence-electron chi connectivity index (χ4n) is 2.10. The van der Waals surface area contributed by atoms with Gasteiger partial charge in [-0.1, -0.05) is 22.9 Å². The second-order valence-electron chi connectivity index (χ2n) is 4.69. The Labute approximate surface area is 135 Å². The average Bonchev–Trinajstić information content (AvgIpc) is 3.07. The molecule has 0 fully saturated rings. The first-order valence-corrected chi connectivity index (χ1v) is 7.74. The Bertz CT molecular complexity index is 812. The van der Waals surface area contributed by atoms with E-state index in [4.69, 9.17) is 20.8 Å². The molecule has 0 aliphatic rings. The number of hydrogen-bond donors (Lipinski definition) is 1. The highest BCUT2D eigenvalue weighted by atomic mass is 35.5. The molecule has 1 amide bonds. The summed E-state index contributed by atoms with van der Waals surface area (Å²) in [5.41, 5.74) is 1.49. The molecule has 0 unspecified atom stereocenters. The Kier molecular flexibility index (Phi) is 4.42. The van der Waals surface area contributed by atoms with Crippen LogP contribution in [0.3, 0.4) is 0 Å². The molecule has 114 valence electrons. The van der Waals surface area contributed by atoms with E-state index in [0.717, 1.165) is 15.8 Å². The lowest BCUT2D eigenvalue weighted by Gasteiger charge is -2.00. The quantitative estimate of drug-likeness (QED) is 0.768. The summed E-state index contributed by atoms with van der Waals surface area (Å²) < 4.78 is 10.4. The highest BCUT2D eigenvalue weighted by Gasteiger charge is 2.12. The van der Waals surface area contributed by atoms with Crippen LogP contribution in [0.5, 0.6) is 0 Å². The molecular weight excluding hydrogens is 324 g/mol. The van der Waals surface area contributed by atoms with Crippen LogP contribution in [0.25, 0.3) is 11.0 Å². The molecule has 0 atom stereocenters. The Morgan fingerprint density at radius 1 is 1.50 bits per heavy atom.